The quantitative estimate of drug-likeness (QED) is 0.222. The molecule has 0 aliphatic heterocycles. The average molecular weight is 573 g/mol. The smallest absolute Gasteiger partial charge is 0.492 e. The molecule has 2 aromatic rings. The minimum atomic E-state index is -4.89. The van der Waals surface area contributed by atoms with Crippen molar-refractivity contribution in [3.8, 4) is 11.5 Å². The summed E-state index contributed by atoms with van der Waals surface area (Å²) in [6.45, 7) is 4.84. The highest BCUT2D eigenvalue weighted by molar-refractivity contribution is 7.99. The molecule has 2 aromatic carbocycles. The van der Waals surface area contributed by atoms with Gasteiger partial charge in [-0.05, 0) is 61.1 Å². The van der Waals surface area contributed by atoms with Crippen molar-refractivity contribution in [2.75, 3.05) is 43.1 Å². The van der Waals surface area contributed by atoms with Crippen LogP contribution in [0.4, 0.5) is 23.7 Å². The maximum Gasteiger partial charge on any atom is 0.573 e. The van der Waals surface area contributed by atoms with Gasteiger partial charge in [-0.15, -0.1) is 13.2 Å². The number of nitrogens with zero attached hydrogens (tertiary/aromatic N) is 1. The third kappa shape index (κ3) is 12.5. The molecule has 0 aliphatic carbocycles. The van der Waals surface area contributed by atoms with Gasteiger partial charge < -0.3 is 29.5 Å². The molecule has 2 rings (SSSR count). The van der Waals surface area contributed by atoms with Gasteiger partial charge in [-0.2, -0.15) is 11.8 Å². The number of benzene rings is 2. The number of nitrogens with one attached hydrogen (secondary N) is 1. The molecule has 0 radical (unpaired) electrons. The van der Waals surface area contributed by atoms with Gasteiger partial charge in [0.2, 0.25) is 0 Å². The van der Waals surface area contributed by atoms with Crippen molar-refractivity contribution in [2.45, 2.75) is 45.6 Å². The fraction of sp³-hybridized carbons (Fsp3) is 0.481. The summed E-state index contributed by atoms with van der Waals surface area (Å²) in [4.78, 5) is 25.8. The lowest BCUT2D eigenvalue weighted by Crippen LogP contribution is -2.39. The summed E-state index contributed by atoms with van der Waals surface area (Å²) in [5, 5.41) is 11.8. The first-order chi connectivity index (χ1) is 18.6. The predicted octanol–water partition coefficient (Wildman–Crippen LogP) is 6.06. The number of hydrogen-bond acceptors (Lipinski definition) is 6. The van der Waals surface area contributed by atoms with Gasteiger partial charge in [0, 0.05) is 19.6 Å². The number of urea groups is 1. The molecule has 0 saturated carbocycles. The molecule has 0 fully saturated rings. The molecule has 0 saturated heterocycles. The van der Waals surface area contributed by atoms with E-state index in [-0.39, 0.29) is 25.3 Å². The Hall–Kier alpha value is -3.12. The van der Waals surface area contributed by atoms with E-state index < -0.39 is 30.2 Å². The minimum Gasteiger partial charge on any atom is -0.492 e. The molecule has 12 heteroatoms. The van der Waals surface area contributed by atoms with Crippen LogP contribution in [0.25, 0.3) is 0 Å². The number of carbonyl (C=O) groups is 2. The van der Waals surface area contributed by atoms with Crippen LogP contribution in [0.5, 0.6) is 11.5 Å². The fourth-order valence-electron chi connectivity index (χ4n) is 3.52. The number of hydrogen-bond donors (Lipinski definition) is 2. The van der Waals surface area contributed by atoms with Crippen molar-refractivity contribution in [1.82, 2.24) is 4.90 Å². The van der Waals surface area contributed by atoms with Gasteiger partial charge in [0.05, 0.1) is 12.2 Å². The van der Waals surface area contributed by atoms with E-state index in [1.54, 1.807) is 43.0 Å². The number of halogens is 3. The summed E-state index contributed by atoms with van der Waals surface area (Å²) >= 11 is 1.77. The van der Waals surface area contributed by atoms with Crippen LogP contribution in [0.2, 0.25) is 0 Å². The van der Waals surface area contributed by atoms with E-state index in [1.807, 2.05) is 0 Å². The number of para-hydroxylation sites is 2. The van der Waals surface area contributed by atoms with E-state index in [2.05, 4.69) is 17.0 Å². The number of thioether (sulfide) groups is 1. The summed E-state index contributed by atoms with van der Waals surface area (Å²) in [7, 11) is 0. The molecule has 1 unspecified atom stereocenters. The van der Waals surface area contributed by atoms with Gasteiger partial charge in [-0.25, -0.2) is 9.59 Å². The first-order valence-electron chi connectivity index (χ1n) is 12.7. The molecule has 0 spiro atoms. The van der Waals surface area contributed by atoms with Crippen LogP contribution >= 0.6 is 11.8 Å². The van der Waals surface area contributed by atoms with E-state index in [0.717, 1.165) is 29.6 Å². The molecule has 2 amide bonds. The van der Waals surface area contributed by atoms with Crippen molar-refractivity contribution in [2.24, 2.45) is 0 Å². The average Bonchev–Trinajstić information content (AvgIpc) is 2.88. The van der Waals surface area contributed by atoms with Crippen LogP contribution < -0.4 is 14.8 Å². The van der Waals surface area contributed by atoms with Crippen molar-refractivity contribution in [3.63, 3.8) is 0 Å². The Morgan fingerprint density at radius 1 is 1.05 bits per heavy atom. The summed E-state index contributed by atoms with van der Waals surface area (Å²) in [5.41, 5.74) is 0.682. The monoisotopic (exact) mass is 572 g/mol. The first-order valence-corrected chi connectivity index (χ1v) is 13.8. The Morgan fingerprint density at radius 2 is 1.77 bits per heavy atom. The lowest BCUT2D eigenvalue weighted by molar-refractivity contribution is -0.274. The maximum atomic E-state index is 13.0. The Balaban J connectivity index is 1.99. The number of ether oxygens (including phenoxy) is 3. The summed E-state index contributed by atoms with van der Waals surface area (Å²) in [6, 6.07) is 11.7. The second-order valence-electron chi connectivity index (χ2n) is 8.41. The maximum absolute atomic E-state index is 13.0. The molecule has 8 nitrogen and oxygen atoms in total. The van der Waals surface area contributed by atoms with Crippen molar-refractivity contribution in [3.05, 3.63) is 54.1 Å². The van der Waals surface area contributed by atoms with Crippen LogP contribution in [-0.4, -0.2) is 72.3 Å². The number of carboxylic acid groups (broad SMARTS) is 1. The number of amides is 2. The van der Waals surface area contributed by atoms with Crippen LogP contribution in [0, 0.1) is 0 Å². The molecule has 0 heterocycles. The molecule has 39 heavy (non-hydrogen) atoms. The van der Waals surface area contributed by atoms with Crippen LogP contribution in [-0.2, 0) is 16.0 Å². The SMILES string of the molecule is CCCSCCCN(CCOc1ccc(CC(OCC)C(=O)O)cc1)C(=O)Nc1ccccc1OC(F)(F)F. The number of aliphatic carboxylic acids is 1. The summed E-state index contributed by atoms with van der Waals surface area (Å²) < 4.78 is 53.4. The van der Waals surface area contributed by atoms with Crippen molar-refractivity contribution in [1.29, 1.82) is 0 Å². The molecular weight excluding hydrogens is 537 g/mol. The van der Waals surface area contributed by atoms with Gasteiger partial charge in [-0.1, -0.05) is 31.2 Å². The number of rotatable bonds is 17. The topological polar surface area (TPSA) is 97.3 Å². The lowest BCUT2D eigenvalue weighted by atomic mass is 10.1. The van der Waals surface area contributed by atoms with Gasteiger partial charge in [0.1, 0.15) is 12.4 Å². The number of anilines is 1. The van der Waals surface area contributed by atoms with Crippen LogP contribution in [0.1, 0.15) is 32.3 Å². The number of carbonyl (C=O) groups excluding carboxylic acids is 1. The Morgan fingerprint density at radius 3 is 2.41 bits per heavy atom. The predicted molar refractivity (Wildman–Crippen MR) is 145 cm³/mol. The molecule has 0 bridgehead atoms. The zero-order chi connectivity index (χ0) is 28.7. The molecule has 0 aromatic heterocycles. The van der Waals surface area contributed by atoms with E-state index in [1.165, 1.54) is 23.1 Å². The Kier molecular flexibility index (Phi) is 13.8. The van der Waals surface area contributed by atoms with E-state index in [9.17, 15) is 27.9 Å². The second kappa shape index (κ2) is 16.8. The summed E-state index contributed by atoms with van der Waals surface area (Å²) in [5.74, 6) is 0.849. The molecule has 2 N–H and O–H groups in total. The highest BCUT2D eigenvalue weighted by Gasteiger charge is 2.32. The van der Waals surface area contributed by atoms with Crippen molar-refractivity contribution < 1.29 is 42.1 Å². The Labute approximate surface area is 230 Å². The van der Waals surface area contributed by atoms with Crippen LogP contribution in [0.15, 0.2) is 48.5 Å². The summed E-state index contributed by atoms with van der Waals surface area (Å²) in [6.07, 6.45) is -3.86. The zero-order valence-electron chi connectivity index (χ0n) is 22.0. The number of alkyl halides is 3. The third-order valence-electron chi connectivity index (χ3n) is 5.32. The lowest BCUT2D eigenvalue weighted by Gasteiger charge is -2.24. The standard InChI is InChI=1S/C27H35F3N2O6S/c1-3-17-39-18-7-14-32(26(35)31-22-8-5-6-9-23(22)38-27(28,29)30)15-16-37-21-12-10-20(11-13-21)19-24(25(33)34)36-4-2/h5-6,8-13,24H,3-4,7,14-19H2,1-2H3,(H,31,35)(H,33,34). The molecule has 1 atom stereocenters. The Bertz CT molecular complexity index is 1020. The van der Waals surface area contributed by atoms with Gasteiger partial charge in [0.25, 0.3) is 0 Å². The third-order valence-corrected chi connectivity index (χ3v) is 6.60. The first kappa shape index (κ1) is 32.1. The van der Waals surface area contributed by atoms with E-state index in [4.69, 9.17) is 9.47 Å². The van der Waals surface area contributed by atoms with Gasteiger partial charge in [0.15, 0.2) is 11.9 Å². The molecular formula is C27H35F3N2O6S. The van der Waals surface area contributed by atoms with Crippen LogP contribution in [0.3, 0.4) is 0 Å². The normalized spacial score (nSPS) is 12.0. The fourth-order valence-corrected chi connectivity index (χ4v) is 4.35. The highest BCUT2D eigenvalue weighted by atomic mass is 32.2. The van der Waals surface area contributed by atoms with E-state index in [0.29, 0.717) is 25.3 Å². The zero-order valence-corrected chi connectivity index (χ0v) is 22.9. The minimum absolute atomic E-state index is 0.0894. The van der Waals surface area contributed by atoms with Gasteiger partial charge >= 0.3 is 18.4 Å². The van der Waals surface area contributed by atoms with E-state index >= 15 is 0 Å². The largest absolute Gasteiger partial charge is 0.573 e. The molecule has 0 aliphatic rings. The second-order valence-corrected chi connectivity index (χ2v) is 9.63. The number of carboxylic acids is 1. The van der Waals surface area contributed by atoms with Gasteiger partial charge in [-0.3, -0.25) is 0 Å². The van der Waals surface area contributed by atoms with Crippen molar-refractivity contribution >= 4 is 29.4 Å². The molecule has 216 valence electrons. The highest BCUT2D eigenvalue weighted by Crippen LogP contribution is 2.30.